The summed E-state index contributed by atoms with van der Waals surface area (Å²) in [4.78, 5) is 50.8. The first-order chi connectivity index (χ1) is 28.7. The summed E-state index contributed by atoms with van der Waals surface area (Å²) in [5.41, 5.74) is -5.87. The van der Waals surface area contributed by atoms with Gasteiger partial charge in [-0.05, 0) is 78.6 Å². The molecule has 5 rings (SSSR count). The fraction of sp³-hybridized carbons (Fsp3) is 0.302. The predicted molar refractivity (Wildman–Crippen MR) is 208 cm³/mol. The molecule has 1 unspecified atom stereocenters. The van der Waals surface area contributed by atoms with E-state index in [9.17, 15) is 50.3 Å². The molecule has 4 aromatic rings. The molecule has 0 saturated carbocycles. The Labute approximate surface area is 348 Å². The first-order valence-corrected chi connectivity index (χ1v) is 19.9. The Morgan fingerprint density at radius 3 is 2.05 bits per heavy atom. The van der Waals surface area contributed by atoms with Crippen LogP contribution in [0.25, 0.3) is 0 Å². The van der Waals surface area contributed by atoms with Gasteiger partial charge in [-0.25, -0.2) is 4.39 Å². The van der Waals surface area contributed by atoms with Crippen LogP contribution in [0, 0.1) is 23.6 Å². The van der Waals surface area contributed by atoms with E-state index in [1.807, 2.05) is 18.2 Å². The number of hydrogen-bond donors (Lipinski definition) is 1. The summed E-state index contributed by atoms with van der Waals surface area (Å²) in [6.07, 6.45) is -0.753. The van der Waals surface area contributed by atoms with Crippen molar-refractivity contribution < 1.29 is 73.4 Å². The van der Waals surface area contributed by atoms with Crippen molar-refractivity contribution in [2.45, 2.75) is 63.5 Å². The second-order valence-electron chi connectivity index (χ2n) is 13.8. The highest BCUT2D eigenvalue weighted by Crippen LogP contribution is 2.49. The second-order valence-corrected chi connectivity index (χ2v) is 15.4. The van der Waals surface area contributed by atoms with Crippen LogP contribution in [0.1, 0.15) is 68.0 Å². The number of esters is 3. The average Bonchev–Trinajstić information content (AvgIpc) is 3.20. The van der Waals surface area contributed by atoms with E-state index in [0.717, 1.165) is 31.5 Å². The number of alkyl halides is 3. The Morgan fingerprint density at radius 2 is 1.48 bits per heavy atom. The summed E-state index contributed by atoms with van der Waals surface area (Å²) in [6.45, 7) is 2.19. The van der Waals surface area contributed by atoms with Crippen molar-refractivity contribution in [3.05, 3.63) is 125 Å². The zero-order chi connectivity index (χ0) is 44.5. The molecule has 1 amide bonds. The van der Waals surface area contributed by atoms with Gasteiger partial charge in [0.2, 0.25) is 5.91 Å². The highest BCUT2D eigenvalue weighted by atomic mass is 32.2. The maximum atomic E-state index is 14.2. The number of carbonyl (C=O) groups excluding carboxylic acids is 4. The zero-order valence-electron chi connectivity index (χ0n) is 32.8. The fourth-order valence-corrected chi connectivity index (χ4v) is 6.74. The highest BCUT2D eigenvalue weighted by molar-refractivity contribution is 7.88. The van der Waals surface area contributed by atoms with E-state index in [2.05, 4.69) is 16.0 Å². The van der Waals surface area contributed by atoms with Crippen molar-refractivity contribution in [2.75, 3.05) is 18.1 Å². The SMILES string of the molecule is CC(=O)OCC(O)(C#Cc1ccc(OCc2ccccc2)c([C@@H]2[C@@H](CCC(OC(C)=O)c3ccc(F)cc3)C(=O)N2c2ccc(OS(=O)(=O)C(F)(F)F)cc2)c1)COC(C)=O. The van der Waals surface area contributed by atoms with Crippen molar-refractivity contribution in [1.82, 2.24) is 0 Å². The molecule has 0 aliphatic carbocycles. The normalized spacial score (nSPS) is 15.7. The molecule has 0 bridgehead atoms. The molecular formula is C43H39F4NO12S. The van der Waals surface area contributed by atoms with Gasteiger partial charge in [0, 0.05) is 37.6 Å². The predicted octanol–water partition coefficient (Wildman–Crippen LogP) is 6.63. The number of halogens is 4. The minimum Gasteiger partial charge on any atom is -0.489 e. The number of nitrogens with zero attached hydrogens (tertiary/aromatic N) is 1. The lowest BCUT2D eigenvalue weighted by Gasteiger charge is -2.48. The molecular weight excluding hydrogens is 831 g/mol. The van der Waals surface area contributed by atoms with Crippen LogP contribution in [0.3, 0.4) is 0 Å². The van der Waals surface area contributed by atoms with Gasteiger partial charge in [0.15, 0.2) is 5.60 Å². The third-order valence-electron chi connectivity index (χ3n) is 9.14. The number of anilines is 1. The Morgan fingerprint density at radius 1 is 0.852 bits per heavy atom. The average molecular weight is 870 g/mol. The summed E-state index contributed by atoms with van der Waals surface area (Å²) in [5, 5.41) is 11.2. The zero-order valence-corrected chi connectivity index (χ0v) is 33.6. The van der Waals surface area contributed by atoms with E-state index in [4.69, 9.17) is 18.9 Å². The third-order valence-corrected chi connectivity index (χ3v) is 10.1. The lowest BCUT2D eigenvalue weighted by Crippen LogP contribution is -2.55. The molecule has 0 aromatic heterocycles. The van der Waals surface area contributed by atoms with E-state index in [-0.39, 0.29) is 36.4 Å². The van der Waals surface area contributed by atoms with Gasteiger partial charge in [0.25, 0.3) is 0 Å². The summed E-state index contributed by atoms with van der Waals surface area (Å²) in [6, 6.07) is 22.4. The van der Waals surface area contributed by atoms with Crippen LogP contribution in [-0.2, 0) is 50.1 Å². The number of ether oxygens (including phenoxy) is 4. The van der Waals surface area contributed by atoms with Crippen molar-refractivity contribution in [3.63, 3.8) is 0 Å². The van der Waals surface area contributed by atoms with E-state index in [1.165, 1.54) is 48.2 Å². The van der Waals surface area contributed by atoms with Gasteiger partial charge < -0.3 is 33.1 Å². The molecule has 1 saturated heterocycles. The number of aliphatic hydroxyl groups is 1. The van der Waals surface area contributed by atoms with Crippen molar-refractivity contribution in [1.29, 1.82) is 0 Å². The number of amides is 1. The largest absolute Gasteiger partial charge is 0.534 e. The van der Waals surface area contributed by atoms with Crippen LogP contribution in [-0.4, -0.2) is 61.7 Å². The summed E-state index contributed by atoms with van der Waals surface area (Å²) in [7, 11) is -6.00. The van der Waals surface area contributed by atoms with E-state index in [0.29, 0.717) is 11.1 Å². The van der Waals surface area contributed by atoms with Crippen molar-refractivity contribution >= 4 is 39.6 Å². The molecule has 18 heteroatoms. The number of hydrogen-bond acceptors (Lipinski definition) is 12. The van der Waals surface area contributed by atoms with Crippen LogP contribution < -0.4 is 13.8 Å². The van der Waals surface area contributed by atoms with Gasteiger partial charge in [-0.3, -0.25) is 19.2 Å². The first-order valence-electron chi connectivity index (χ1n) is 18.4. The molecule has 13 nitrogen and oxygen atoms in total. The van der Waals surface area contributed by atoms with Gasteiger partial charge >= 0.3 is 33.5 Å². The molecule has 3 atom stereocenters. The van der Waals surface area contributed by atoms with E-state index in [1.54, 1.807) is 30.3 Å². The fourth-order valence-electron chi connectivity index (χ4n) is 6.28. The molecule has 1 fully saturated rings. The maximum Gasteiger partial charge on any atom is 0.534 e. The van der Waals surface area contributed by atoms with Gasteiger partial charge in [0.05, 0.1) is 12.0 Å². The number of carbonyl (C=O) groups is 4. The van der Waals surface area contributed by atoms with Gasteiger partial charge in [-0.2, -0.15) is 21.6 Å². The van der Waals surface area contributed by atoms with E-state index < -0.39 is 87.9 Å². The third kappa shape index (κ3) is 12.1. The number of benzene rings is 4. The summed E-state index contributed by atoms with van der Waals surface area (Å²) < 4.78 is 102. The van der Waals surface area contributed by atoms with Crippen LogP contribution in [0.15, 0.2) is 97.1 Å². The molecule has 1 aliphatic heterocycles. The molecule has 1 aliphatic rings. The molecule has 0 spiro atoms. The van der Waals surface area contributed by atoms with Crippen LogP contribution in [0.5, 0.6) is 11.5 Å². The standard InChI is InChI=1S/C43H39F4NO12S/c1-27(49)57-25-42(53,26-58-28(2)50)22-21-30-9-19-39(56-24-31-7-5-4-6-8-31)37(23-30)40-36(18-20-38(59-29(3)51)32-10-12-33(44)13-11-32)41(52)48(40)34-14-16-35(17-15-34)60-61(54,55)43(45,46)47/h4-17,19,23,36,38,40,53H,18,20,24-26H2,1-3H3/t36-,38?,40+/m1/s1. The van der Waals surface area contributed by atoms with Crippen LogP contribution in [0.2, 0.25) is 0 Å². The van der Waals surface area contributed by atoms with Crippen molar-refractivity contribution in [2.24, 2.45) is 5.92 Å². The molecule has 1 heterocycles. The molecule has 322 valence electrons. The molecule has 1 N–H and O–H groups in total. The van der Waals surface area contributed by atoms with Gasteiger partial charge in [0.1, 0.15) is 43.2 Å². The minimum atomic E-state index is -6.00. The van der Waals surface area contributed by atoms with Crippen LogP contribution in [0.4, 0.5) is 23.2 Å². The summed E-state index contributed by atoms with van der Waals surface area (Å²) >= 11 is 0. The topological polar surface area (TPSA) is 172 Å². The first kappa shape index (κ1) is 45.6. The van der Waals surface area contributed by atoms with Gasteiger partial charge in [-0.15, -0.1) is 0 Å². The molecule has 0 radical (unpaired) electrons. The highest BCUT2D eigenvalue weighted by Gasteiger charge is 2.51. The van der Waals surface area contributed by atoms with Gasteiger partial charge in [-0.1, -0.05) is 54.3 Å². The van der Waals surface area contributed by atoms with Crippen molar-refractivity contribution in [3.8, 4) is 23.3 Å². The summed E-state index contributed by atoms with van der Waals surface area (Å²) in [5.74, 6) is 1.000. The monoisotopic (exact) mass is 869 g/mol. The van der Waals surface area contributed by atoms with Crippen LogP contribution >= 0.6 is 0 Å². The Bertz CT molecular complexity index is 2380. The Balaban J connectivity index is 1.60. The quantitative estimate of drug-likeness (QED) is 0.0243. The number of β-lactam (4-membered cyclic amide) rings is 1. The van der Waals surface area contributed by atoms with E-state index >= 15 is 0 Å². The molecule has 4 aromatic carbocycles. The lowest BCUT2D eigenvalue weighted by molar-refractivity contribution is -0.154. The minimum absolute atomic E-state index is 0.0630. The lowest BCUT2D eigenvalue weighted by atomic mass is 9.77. The Kier molecular flexibility index (Phi) is 14.4. The number of rotatable bonds is 16. The maximum absolute atomic E-state index is 14.2. The Hall–Kier alpha value is -6.45. The molecule has 61 heavy (non-hydrogen) atoms. The second kappa shape index (κ2) is 19.3. The smallest absolute Gasteiger partial charge is 0.489 e.